The van der Waals surface area contributed by atoms with Gasteiger partial charge in [0.2, 0.25) is 35.4 Å². The summed E-state index contributed by atoms with van der Waals surface area (Å²) in [7, 11) is 0. The lowest BCUT2D eigenvalue weighted by molar-refractivity contribution is -0.148. The Morgan fingerprint density at radius 1 is 0.525 bits per heavy atom. The summed E-state index contributed by atoms with van der Waals surface area (Å²) >= 11 is 0. The maximum atomic E-state index is 12.7. The number of nitrogens with zero attached hydrogens (tertiary/aromatic N) is 3. The molecule has 0 fully saturated rings. The minimum Gasteiger partial charge on any atom is -0.756 e. The number of carbonyl (C=O) groups is 9. The average Bonchev–Trinajstić information content (AvgIpc) is 3.12. The molecule has 0 aliphatic heterocycles. The summed E-state index contributed by atoms with van der Waals surface area (Å²) in [5, 5.41) is 53.3. The second-order valence-electron chi connectivity index (χ2n) is 13.9. The molecule has 4 N–H and O–H groups in total. The molecule has 0 spiro atoms. The summed E-state index contributed by atoms with van der Waals surface area (Å²) in [5.74, 6) is -7.11. The molecule has 0 heterocycles. The lowest BCUT2D eigenvalue weighted by atomic mass is 10.1. The maximum Gasteiger partial charge on any atom is 0.328 e. The van der Waals surface area contributed by atoms with E-state index in [4.69, 9.17) is 14.6 Å². The number of amides is 6. The van der Waals surface area contributed by atoms with Crippen LogP contribution in [-0.4, -0.2) is 125 Å². The molecule has 3 atom stereocenters. The van der Waals surface area contributed by atoms with Gasteiger partial charge in [0.1, 0.15) is 18.1 Å². The fourth-order valence-electron chi connectivity index (χ4n) is 4.99. The lowest BCUT2D eigenvalue weighted by Crippen LogP contribution is -2.41. The van der Waals surface area contributed by atoms with Gasteiger partial charge in [-0.2, -0.15) is 0 Å². The second-order valence-corrected chi connectivity index (χ2v) is 13.9. The Hall–Kier alpha value is -5.67. The van der Waals surface area contributed by atoms with Gasteiger partial charge < -0.3 is 61.3 Å². The van der Waals surface area contributed by atoms with Gasteiger partial charge in [0.15, 0.2) is 0 Å². The molecule has 0 saturated heterocycles. The van der Waals surface area contributed by atoms with Crippen LogP contribution in [0.5, 0.6) is 0 Å². The summed E-state index contributed by atoms with van der Waals surface area (Å²) in [6.45, 7) is 8.59. The van der Waals surface area contributed by atoms with Crippen molar-refractivity contribution in [3.8, 4) is 0 Å². The Bertz CT molecular complexity index is 1570. The summed E-state index contributed by atoms with van der Waals surface area (Å²) in [6, 6.07) is -3.45. The van der Waals surface area contributed by atoms with Crippen molar-refractivity contribution in [2.24, 2.45) is 0 Å². The highest BCUT2D eigenvalue weighted by Crippen LogP contribution is 2.10. The van der Waals surface area contributed by atoms with E-state index in [1.807, 2.05) is 0 Å². The molecule has 0 aliphatic rings. The van der Waals surface area contributed by atoms with Crippen molar-refractivity contribution in [1.29, 1.82) is 0 Å². The number of esters is 2. The fourth-order valence-corrected chi connectivity index (χ4v) is 4.99. The Balaban J connectivity index is 4.91. The van der Waals surface area contributed by atoms with E-state index < -0.39 is 71.5 Å². The van der Waals surface area contributed by atoms with Crippen LogP contribution in [0.3, 0.4) is 0 Å². The molecule has 0 aromatic rings. The number of carboxylic acids is 1. The molecule has 0 aromatic carbocycles. The number of hydroxylamine groups is 6. The zero-order valence-corrected chi connectivity index (χ0v) is 34.7. The van der Waals surface area contributed by atoms with Gasteiger partial charge in [0.25, 0.3) is 0 Å². The molecule has 21 nitrogen and oxygen atoms in total. The van der Waals surface area contributed by atoms with Crippen molar-refractivity contribution in [3.63, 3.8) is 0 Å². The fraction of sp³-hybridized carbons (Fsp3) is 0.605. The van der Waals surface area contributed by atoms with E-state index in [0.717, 1.165) is 19.1 Å². The molecule has 0 saturated carbocycles. The maximum absolute atomic E-state index is 12.7. The molecule has 0 rings (SSSR count). The molecule has 332 valence electrons. The van der Waals surface area contributed by atoms with Crippen molar-refractivity contribution in [1.82, 2.24) is 31.1 Å². The Morgan fingerprint density at radius 2 is 0.831 bits per heavy atom. The predicted octanol–water partition coefficient (Wildman–Crippen LogP) is 1.63. The lowest BCUT2D eigenvalue weighted by Gasteiger charge is -2.28. The number of aliphatic carboxylic acids is 1. The average molecular weight is 838 g/mol. The van der Waals surface area contributed by atoms with Crippen LogP contribution in [0, 0.1) is 15.6 Å². The van der Waals surface area contributed by atoms with E-state index >= 15 is 0 Å². The van der Waals surface area contributed by atoms with Crippen LogP contribution in [0.25, 0.3) is 0 Å². The van der Waals surface area contributed by atoms with Gasteiger partial charge in [0.05, 0.1) is 13.2 Å². The third-order valence-corrected chi connectivity index (χ3v) is 7.93. The minimum atomic E-state index is -1.28. The number of hydrogen-bond donors (Lipinski definition) is 4. The molecule has 59 heavy (non-hydrogen) atoms. The Kier molecular flexibility index (Phi) is 25.9. The molecule has 6 amide bonds. The Morgan fingerprint density at radius 3 is 1.14 bits per heavy atom. The minimum absolute atomic E-state index is 0.00960. The summed E-state index contributed by atoms with van der Waals surface area (Å²) < 4.78 is 10.4. The quantitative estimate of drug-likeness (QED) is 0.0519. The topological polar surface area (TPSA) is 307 Å². The van der Waals surface area contributed by atoms with Crippen LogP contribution < -0.4 is 16.0 Å². The number of carboxylic acid groups (broad SMARTS) is 1. The highest BCUT2D eigenvalue weighted by molar-refractivity contribution is 5.90. The first kappa shape index (κ1) is 53.3. The van der Waals surface area contributed by atoms with Crippen molar-refractivity contribution in [3.05, 3.63) is 50.6 Å². The summed E-state index contributed by atoms with van der Waals surface area (Å²) in [6.07, 6.45) is 3.36. The van der Waals surface area contributed by atoms with Crippen molar-refractivity contribution in [2.75, 3.05) is 32.8 Å². The zero-order chi connectivity index (χ0) is 45.2. The second kappa shape index (κ2) is 28.7. The van der Waals surface area contributed by atoms with Crippen LogP contribution in [-0.2, 0) is 52.6 Å². The van der Waals surface area contributed by atoms with Crippen molar-refractivity contribution in [2.45, 2.75) is 118 Å². The number of ether oxygens (including phenoxy) is 2. The van der Waals surface area contributed by atoms with Crippen LogP contribution in [0.4, 0.5) is 0 Å². The van der Waals surface area contributed by atoms with E-state index in [2.05, 4.69) is 16.0 Å². The van der Waals surface area contributed by atoms with E-state index in [9.17, 15) is 58.8 Å². The number of rotatable bonds is 27. The molecule has 0 aromatic heterocycles. The van der Waals surface area contributed by atoms with Crippen LogP contribution >= 0.6 is 0 Å². The van der Waals surface area contributed by atoms with Crippen molar-refractivity contribution < 1.29 is 57.7 Å². The number of nitrogens with one attached hydrogen (secondary N) is 3. The van der Waals surface area contributed by atoms with Crippen LogP contribution in [0.15, 0.2) is 34.9 Å². The molecule has 0 aliphatic carbocycles. The highest BCUT2D eigenvalue weighted by atomic mass is 16.5. The van der Waals surface area contributed by atoms with Crippen LogP contribution in [0.2, 0.25) is 0 Å². The summed E-state index contributed by atoms with van der Waals surface area (Å²) in [5.41, 5.74) is 1.42. The number of hydrogen-bond acceptors (Lipinski definition) is 14. The Labute approximate surface area is 343 Å². The van der Waals surface area contributed by atoms with Gasteiger partial charge >= 0.3 is 17.9 Å². The van der Waals surface area contributed by atoms with Gasteiger partial charge in [-0.15, -0.1) is 0 Å². The largest absolute Gasteiger partial charge is 0.756 e. The third-order valence-electron chi connectivity index (χ3n) is 7.93. The van der Waals surface area contributed by atoms with Crippen LogP contribution in [0.1, 0.15) is 99.8 Å². The normalized spacial score (nSPS) is 12.8. The smallest absolute Gasteiger partial charge is 0.328 e. The molecule has 0 radical (unpaired) electrons. The number of allylic oxidation sites excluding steroid dienone is 1. The monoisotopic (exact) mass is 837 g/mol. The van der Waals surface area contributed by atoms with Gasteiger partial charge in [-0.3, -0.25) is 28.8 Å². The van der Waals surface area contributed by atoms with Gasteiger partial charge in [-0.25, -0.2) is 14.4 Å². The molecule has 0 bridgehead atoms. The SMILES string of the molecule is CC(=O)N[C@@H](CCCN([O-])C(=O)/C=C(/C)CCOC(=O)[C@H](CCCN([O-])C(=O)/C=C(/C)CCOC(=O)[C@H](CCCN([O-])C(=O)C=C(C)C)NC(C)=O)NC(C)=O)C(=O)O. The summed E-state index contributed by atoms with van der Waals surface area (Å²) in [4.78, 5) is 107. The van der Waals surface area contributed by atoms with Crippen molar-refractivity contribution >= 4 is 53.4 Å². The first-order chi connectivity index (χ1) is 27.5. The molecular formula is C38H57N6O15-3. The highest BCUT2D eigenvalue weighted by Gasteiger charge is 2.23. The number of carbonyl (C=O) groups excluding carboxylic acids is 8. The van der Waals surface area contributed by atoms with Gasteiger partial charge in [0, 0.05) is 71.5 Å². The van der Waals surface area contributed by atoms with E-state index in [0.29, 0.717) is 16.7 Å². The van der Waals surface area contributed by atoms with E-state index in [1.165, 1.54) is 33.8 Å². The van der Waals surface area contributed by atoms with E-state index in [1.54, 1.807) is 13.8 Å². The van der Waals surface area contributed by atoms with E-state index in [-0.39, 0.29) is 99.4 Å². The first-order valence-electron chi connectivity index (χ1n) is 18.9. The standard InChI is InChI=1S/C38H57N6O15/c1-24(2)21-33(48)42(55)17-9-12-31(40-28(6)46)37(53)58-20-15-26(4)23-35(50)44(57)18-10-13-32(41-29(7)47)38(54)59-19-14-25(3)22-34(49)43(56)16-8-11-30(36(51)52)39-27(5)45/h21-23,30-32H,8-20H2,1-7H3,(H,39,45)(H,40,46)(H,41,47)(H,51,52)/q-3/b25-22-,26-23-/t30-,31-,32-/m0/s1. The molecule has 0 unspecified atom stereocenters. The third kappa shape index (κ3) is 25.3. The molecule has 21 heteroatoms. The zero-order valence-electron chi connectivity index (χ0n) is 34.7. The molecular weight excluding hydrogens is 780 g/mol. The predicted molar refractivity (Wildman–Crippen MR) is 211 cm³/mol. The van der Waals surface area contributed by atoms with Gasteiger partial charge in [-0.05, 0) is 66.2 Å². The first-order valence-corrected chi connectivity index (χ1v) is 18.9. The van der Waals surface area contributed by atoms with Gasteiger partial charge in [-0.1, -0.05) is 16.7 Å².